The highest BCUT2D eigenvalue weighted by Gasteiger charge is 2.19. The summed E-state index contributed by atoms with van der Waals surface area (Å²) in [5.74, 6) is 2.64. The molecule has 1 aromatic carbocycles. The number of aromatic nitrogens is 6. The third kappa shape index (κ3) is 3.85. The van der Waals surface area contributed by atoms with Crippen LogP contribution in [0.1, 0.15) is 50.6 Å². The quantitative estimate of drug-likeness (QED) is 0.489. The number of hydrogen-bond acceptors (Lipinski definition) is 6. The lowest BCUT2D eigenvalue weighted by Crippen LogP contribution is -2.10. The molecule has 1 N–H and O–H groups in total. The van der Waals surface area contributed by atoms with E-state index in [1.807, 2.05) is 47.4 Å². The first-order valence-corrected chi connectivity index (χ1v) is 11.0. The molecule has 0 saturated heterocycles. The van der Waals surface area contributed by atoms with Crippen molar-refractivity contribution < 1.29 is 4.74 Å². The number of anilines is 2. The highest BCUT2D eigenvalue weighted by molar-refractivity contribution is 5.70. The van der Waals surface area contributed by atoms with E-state index in [0.29, 0.717) is 18.5 Å². The maximum Gasteiger partial charge on any atom is 0.245 e. The molecule has 0 amide bonds. The lowest BCUT2D eigenvalue weighted by atomic mass is 9.87. The van der Waals surface area contributed by atoms with E-state index >= 15 is 0 Å². The van der Waals surface area contributed by atoms with Gasteiger partial charge in [0.25, 0.3) is 0 Å². The highest BCUT2D eigenvalue weighted by atomic mass is 16.5. The Kier molecular flexibility index (Phi) is 5.28. The first-order valence-electron chi connectivity index (χ1n) is 11.0. The summed E-state index contributed by atoms with van der Waals surface area (Å²) in [4.78, 5) is 4.52. The standard InChI is InChI=1S/C23H27N7O/c1-3-31-21-13-17(22-27-25-15-29(22)2)9-11-19(21)26-23-24-14-18-10-12-20(30(18)28-23)16-7-5-4-6-8-16/h9-16H,3-8H2,1-2H3,(H,26,28). The third-order valence-electron chi connectivity index (χ3n) is 5.95. The van der Waals surface area contributed by atoms with Gasteiger partial charge in [0.15, 0.2) is 5.82 Å². The Morgan fingerprint density at radius 2 is 2.00 bits per heavy atom. The Hall–Kier alpha value is -3.42. The van der Waals surface area contributed by atoms with Crippen molar-refractivity contribution in [3.63, 3.8) is 0 Å². The monoisotopic (exact) mass is 417 g/mol. The van der Waals surface area contributed by atoms with E-state index in [4.69, 9.17) is 9.84 Å². The number of nitrogens with zero attached hydrogens (tertiary/aromatic N) is 6. The SMILES string of the molecule is CCOc1cc(-c2nncn2C)ccc1Nc1ncc2ccc(C3CCCCC3)n2n1. The maximum absolute atomic E-state index is 5.90. The fraction of sp³-hybridized carbons (Fsp3) is 0.391. The summed E-state index contributed by atoms with van der Waals surface area (Å²) >= 11 is 0. The normalized spacial score (nSPS) is 14.8. The van der Waals surface area contributed by atoms with Crippen molar-refractivity contribution in [2.24, 2.45) is 7.05 Å². The van der Waals surface area contributed by atoms with Crippen LogP contribution in [0.25, 0.3) is 16.9 Å². The zero-order valence-electron chi connectivity index (χ0n) is 18.0. The van der Waals surface area contributed by atoms with Crippen molar-refractivity contribution >= 4 is 17.2 Å². The molecule has 1 aliphatic carbocycles. The van der Waals surface area contributed by atoms with Crippen LogP contribution in [0.2, 0.25) is 0 Å². The summed E-state index contributed by atoms with van der Waals surface area (Å²) in [6.45, 7) is 2.53. The largest absolute Gasteiger partial charge is 0.492 e. The van der Waals surface area contributed by atoms with Gasteiger partial charge < -0.3 is 14.6 Å². The van der Waals surface area contributed by atoms with Crippen molar-refractivity contribution in [2.75, 3.05) is 11.9 Å². The minimum absolute atomic E-state index is 0.549. The van der Waals surface area contributed by atoms with E-state index in [9.17, 15) is 0 Å². The van der Waals surface area contributed by atoms with Crippen LogP contribution < -0.4 is 10.1 Å². The number of aryl methyl sites for hydroxylation is 1. The number of nitrogens with one attached hydrogen (secondary N) is 1. The van der Waals surface area contributed by atoms with E-state index in [2.05, 4.69) is 32.6 Å². The van der Waals surface area contributed by atoms with Crippen LogP contribution >= 0.6 is 0 Å². The molecule has 8 nitrogen and oxygen atoms in total. The number of hydrogen-bond donors (Lipinski definition) is 1. The lowest BCUT2D eigenvalue weighted by molar-refractivity contribution is 0.342. The smallest absolute Gasteiger partial charge is 0.245 e. The molecule has 0 spiro atoms. The topological polar surface area (TPSA) is 82.2 Å². The third-order valence-corrected chi connectivity index (χ3v) is 5.95. The second-order valence-electron chi connectivity index (χ2n) is 8.05. The number of ether oxygens (including phenoxy) is 1. The molecule has 0 atom stereocenters. The Morgan fingerprint density at radius 3 is 2.77 bits per heavy atom. The van der Waals surface area contributed by atoms with Crippen LogP contribution in [0.4, 0.5) is 11.6 Å². The molecule has 8 heteroatoms. The molecule has 1 aliphatic rings. The van der Waals surface area contributed by atoms with Gasteiger partial charge in [0, 0.05) is 24.2 Å². The Bertz CT molecular complexity index is 1190. The van der Waals surface area contributed by atoms with Gasteiger partial charge in [-0.25, -0.2) is 9.50 Å². The van der Waals surface area contributed by atoms with E-state index in [1.165, 1.54) is 37.8 Å². The van der Waals surface area contributed by atoms with Crippen LogP contribution in [0.3, 0.4) is 0 Å². The van der Waals surface area contributed by atoms with Crippen LogP contribution in [-0.4, -0.2) is 36.0 Å². The van der Waals surface area contributed by atoms with Crippen LogP contribution in [0.5, 0.6) is 5.75 Å². The van der Waals surface area contributed by atoms with Gasteiger partial charge in [-0.2, -0.15) is 0 Å². The molecule has 0 radical (unpaired) electrons. The molecule has 1 fully saturated rings. The fourth-order valence-electron chi connectivity index (χ4n) is 4.39. The average molecular weight is 418 g/mol. The van der Waals surface area contributed by atoms with Gasteiger partial charge >= 0.3 is 0 Å². The van der Waals surface area contributed by atoms with Crippen LogP contribution in [0.15, 0.2) is 42.9 Å². The van der Waals surface area contributed by atoms with Gasteiger partial charge in [0.05, 0.1) is 24.0 Å². The van der Waals surface area contributed by atoms with Crippen molar-refractivity contribution in [3.05, 3.63) is 48.5 Å². The molecule has 0 bridgehead atoms. The Morgan fingerprint density at radius 1 is 1.13 bits per heavy atom. The fourth-order valence-corrected chi connectivity index (χ4v) is 4.39. The molecule has 1 saturated carbocycles. The Balaban J connectivity index is 1.46. The van der Waals surface area contributed by atoms with E-state index in [-0.39, 0.29) is 0 Å². The summed E-state index contributed by atoms with van der Waals surface area (Å²) < 4.78 is 9.82. The van der Waals surface area contributed by atoms with Gasteiger partial charge in [0.1, 0.15) is 12.1 Å². The van der Waals surface area contributed by atoms with Crippen LogP contribution in [-0.2, 0) is 7.05 Å². The van der Waals surface area contributed by atoms with Crippen molar-refractivity contribution in [1.29, 1.82) is 0 Å². The molecule has 31 heavy (non-hydrogen) atoms. The predicted molar refractivity (Wildman–Crippen MR) is 120 cm³/mol. The molecule has 4 aromatic rings. The average Bonchev–Trinajstić information content (AvgIpc) is 3.41. The van der Waals surface area contributed by atoms with E-state index in [1.54, 1.807) is 6.33 Å². The highest BCUT2D eigenvalue weighted by Crippen LogP contribution is 2.34. The van der Waals surface area contributed by atoms with Gasteiger partial charge in [-0.15, -0.1) is 15.3 Å². The van der Waals surface area contributed by atoms with Crippen LogP contribution in [0, 0.1) is 0 Å². The summed E-state index contributed by atoms with van der Waals surface area (Å²) in [6, 6.07) is 10.2. The van der Waals surface area contributed by atoms with Gasteiger partial charge in [0.2, 0.25) is 5.95 Å². The number of benzene rings is 1. The summed E-state index contributed by atoms with van der Waals surface area (Å²) in [5, 5.41) is 16.3. The zero-order valence-corrected chi connectivity index (χ0v) is 18.0. The molecule has 0 aliphatic heterocycles. The van der Waals surface area contributed by atoms with Crippen molar-refractivity contribution in [2.45, 2.75) is 44.9 Å². The number of rotatable bonds is 6. The predicted octanol–water partition coefficient (Wildman–Crippen LogP) is 4.71. The molecule has 3 heterocycles. The molecule has 3 aromatic heterocycles. The molecular weight excluding hydrogens is 390 g/mol. The first-order chi connectivity index (χ1) is 15.2. The molecule has 0 unspecified atom stereocenters. The maximum atomic E-state index is 5.90. The second kappa shape index (κ2) is 8.37. The summed E-state index contributed by atoms with van der Waals surface area (Å²) in [7, 11) is 1.92. The van der Waals surface area contributed by atoms with Crippen molar-refractivity contribution in [3.8, 4) is 17.1 Å². The lowest BCUT2D eigenvalue weighted by Gasteiger charge is -2.21. The number of fused-ring (bicyclic) bond motifs is 1. The minimum atomic E-state index is 0.549. The van der Waals surface area contributed by atoms with E-state index < -0.39 is 0 Å². The van der Waals surface area contributed by atoms with Gasteiger partial charge in [-0.3, -0.25) is 0 Å². The van der Waals surface area contributed by atoms with E-state index in [0.717, 1.165) is 28.3 Å². The molecular formula is C23H27N7O. The molecule has 5 rings (SSSR count). The summed E-state index contributed by atoms with van der Waals surface area (Å²) in [6.07, 6.45) is 9.95. The Labute approximate surface area is 181 Å². The van der Waals surface area contributed by atoms with Crippen molar-refractivity contribution in [1.82, 2.24) is 29.4 Å². The molecule has 160 valence electrons. The summed E-state index contributed by atoms with van der Waals surface area (Å²) in [5.41, 5.74) is 4.06. The zero-order chi connectivity index (χ0) is 21.2. The minimum Gasteiger partial charge on any atom is -0.492 e. The second-order valence-corrected chi connectivity index (χ2v) is 8.05. The first kappa shape index (κ1) is 19.5. The van der Waals surface area contributed by atoms with Gasteiger partial charge in [-0.1, -0.05) is 19.3 Å². The van der Waals surface area contributed by atoms with Gasteiger partial charge in [-0.05, 0) is 50.1 Å².